The van der Waals surface area contributed by atoms with E-state index >= 15 is 0 Å². The van der Waals surface area contributed by atoms with Crippen LogP contribution >= 0.6 is 0 Å². The number of hydrogen-bond acceptors (Lipinski definition) is 4. The molecule has 2 amide bonds. The van der Waals surface area contributed by atoms with E-state index in [9.17, 15) is 9.59 Å². The van der Waals surface area contributed by atoms with E-state index in [4.69, 9.17) is 5.73 Å². The van der Waals surface area contributed by atoms with Gasteiger partial charge in [-0.15, -0.1) is 0 Å². The Morgan fingerprint density at radius 3 is 2.79 bits per heavy atom. The number of carbonyl (C=O) groups is 2. The van der Waals surface area contributed by atoms with Crippen LogP contribution in [0.1, 0.15) is 25.7 Å². The van der Waals surface area contributed by atoms with Gasteiger partial charge in [-0.1, -0.05) is 0 Å². The molecule has 1 saturated carbocycles. The molecule has 1 aliphatic rings. The van der Waals surface area contributed by atoms with Crippen molar-refractivity contribution in [3.8, 4) is 0 Å². The van der Waals surface area contributed by atoms with Gasteiger partial charge in [-0.2, -0.15) is 5.10 Å². The van der Waals surface area contributed by atoms with Crippen molar-refractivity contribution >= 4 is 17.5 Å². The van der Waals surface area contributed by atoms with Crippen molar-refractivity contribution in [3.05, 3.63) is 12.4 Å². The van der Waals surface area contributed by atoms with Gasteiger partial charge in [0, 0.05) is 25.2 Å². The maximum absolute atomic E-state index is 11.8. The number of nitrogens with zero attached hydrogens (tertiary/aromatic N) is 2. The molecule has 19 heavy (non-hydrogen) atoms. The first-order valence-electron chi connectivity index (χ1n) is 6.32. The summed E-state index contributed by atoms with van der Waals surface area (Å²) in [6.45, 7) is 0.132. The Morgan fingerprint density at radius 2 is 2.21 bits per heavy atom. The zero-order chi connectivity index (χ0) is 13.9. The van der Waals surface area contributed by atoms with Crippen LogP contribution < -0.4 is 16.4 Å². The summed E-state index contributed by atoms with van der Waals surface area (Å²) in [7, 11) is 1.56. The van der Waals surface area contributed by atoms with Crippen molar-refractivity contribution in [3.63, 3.8) is 0 Å². The number of hydrogen-bond donors (Lipinski definition) is 3. The third kappa shape index (κ3) is 3.54. The Hall–Kier alpha value is -1.89. The van der Waals surface area contributed by atoms with Gasteiger partial charge >= 0.3 is 0 Å². The molecule has 0 atom stereocenters. The Labute approximate surface area is 111 Å². The SMILES string of the molecule is CNC(=O)Cn1cc(NC(=O)CC2(N)CCC2)cn1. The van der Waals surface area contributed by atoms with E-state index in [1.807, 2.05) is 0 Å². The molecule has 0 spiro atoms. The molecule has 1 fully saturated rings. The summed E-state index contributed by atoms with van der Waals surface area (Å²) in [4.78, 5) is 23.0. The molecule has 104 valence electrons. The summed E-state index contributed by atoms with van der Waals surface area (Å²) in [5.74, 6) is -0.252. The molecule has 1 heterocycles. The minimum Gasteiger partial charge on any atom is -0.358 e. The van der Waals surface area contributed by atoms with Crippen LogP contribution in [0.3, 0.4) is 0 Å². The van der Waals surface area contributed by atoms with Crippen molar-refractivity contribution in [2.24, 2.45) is 5.73 Å². The normalized spacial score (nSPS) is 16.5. The lowest BCUT2D eigenvalue weighted by atomic mass is 9.75. The second-order valence-corrected chi connectivity index (χ2v) is 5.04. The highest BCUT2D eigenvalue weighted by atomic mass is 16.2. The summed E-state index contributed by atoms with van der Waals surface area (Å²) in [6, 6.07) is 0. The Balaban J connectivity index is 1.85. The summed E-state index contributed by atoms with van der Waals surface area (Å²) < 4.78 is 1.47. The number of amides is 2. The van der Waals surface area contributed by atoms with Gasteiger partial charge in [-0.25, -0.2) is 0 Å². The minimum atomic E-state index is -0.331. The minimum absolute atomic E-state index is 0.110. The van der Waals surface area contributed by atoms with Gasteiger partial charge < -0.3 is 16.4 Å². The van der Waals surface area contributed by atoms with Gasteiger partial charge in [0.2, 0.25) is 11.8 Å². The molecule has 1 aromatic heterocycles. The van der Waals surface area contributed by atoms with Gasteiger partial charge in [0.25, 0.3) is 0 Å². The third-order valence-electron chi connectivity index (χ3n) is 3.36. The average Bonchev–Trinajstić information content (AvgIpc) is 2.74. The molecule has 2 rings (SSSR count). The van der Waals surface area contributed by atoms with E-state index in [0.717, 1.165) is 19.3 Å². The number of anilines is 1. The van der Waals surface area contributed by atoms with Crippen LogP contribution in [0.4, 0.5) is 5.69 Å². The summed E-state index contributed by atoms with van der Waals surface area (Å²) in [5.41, 5.74) is 6.26. The standard InChI is InChI=1S/C12H19N5O2/c1-14-11(19)8-17-7-9(6-15-17)16-10(18)5-12(13)3-2-4-12/h6-7H,2-5,8,13H2,1H3,(H,14,19)(H,16,18). The predicted octanol–water partition coefficient (Wildman–Crippen LogP) is -0.161. The Kier molecular flexibility index (Phi) is 3.84. The van der Waals surface area contributed by atoms with Crippen LogP contribution in [0.2, 0.25) is 0 Å². The highest BCUT2D eigenvalue weighted by Gasteiger charge is 2.34. The second-order valence-electron chi connectivity index (χ2n) is 5.04. The first-order valence-corrected chi connectivity index (χ1v) is 6.32. The summed E-state index contributed by atoms with van der Waals surface area (Å²) in [6.07, 6.45) is 6.36. The Bertz CT molecular complexity index is 478. The molecule has 7 nitrogen and oxygen atoms in total. The van der Waals surface area contributed by atoms with Crippen LogP contribution in [-0.2, 0) is 16.1 Å². The lowest BCUT2D eigenvalue weighted by Crippen LogP contribution is -2.48. The fourth-order valence-corrected chi connectivity index (χ4v) is 2.07. The molecule has 0 unspecified atom stereocenters. The number of aromatic nitrogens is 2. The van der Waals surface area contributed by atoms with Gasteiger partial charge in [0.15, 0.2) is 0 Å². The molecule has 7 heteroatoms. The molecular formula is C12H19N5O2. The van der Waals surface area contributed by atoms with E-state index in [0.29, 0.717) is 12.1 Å². The van der Waals surface area contributed by atoms with Crippen molar-refractivity contribution in [1.29, 1.82) is 0 Å². The van der Waals surface area contributed by atoms with Crippen molar-refractivity contribution in [2.45, 2.75) is 37.8 Å². The molecule has 0 radical (unpaired) electrons. The third-order valence-corrected chi connectivity index (χ3v) is 3.36. The van der Waals surface area contributed by atoms with E-state index in [1.54, 1.807) is 13.2 Å². The molecule has 0 bridgehead atoms. The highest BCUT2D eigenvalue weighted by Crippen LogP contribution is 2.32. The van der Waals surface area contributed by atoms with Crippen molar-refractivity contribution < 1.29 is 9.59 Å². The maximum atomic E-state index is 11.8. The first-order chi connectivity index (χ1) is 9.00. The maximum Gasteiger partial charge on any atom is 0.241 e. The number of nitrogens with one attached hydrogen (secondary N) is 2. The first kappa shape index (κ1) is 13.5. The predicted molar refractivity (Wildman–Crippen MR) is 70.3 cm³/mol. The summed E-state index contributed by atoms with van der Waals surface area (Å²) in [5, 5.41) is 9.25. The second kappa shape index (κ2) is 5.40. The smallest absolute Gasteiger partial charge is 0.241 e. The molecule has 1 aromatic rings. The summed E-state index contributed by atoms with van der Waals surface area (Å²) >= 11 is 0. The van der Waals surface area contributed by atoms with E-state index in [2.05, 4.69) is 15.7 Å². The van der Waals surface area contributed by atoms with Crippen LogP contribution in [0.15, 0.2) is 12.4 Å². The van der Waals surface area contributed by atoms with Crippen LogP contribution in [0, 0.1) is 0 Å². The van der Waals surface area contributed by atoms with Crippen molar-refractivity contribution in [1.82, 2.24) is 15.1 Å². The number of nitrogens with two attached hydrogens (primary N) is 1. The molecular weight excluding hydrogens is 246 g/mol. The zero-order valence-electron chi connectivity index (χ0n) is 11.0. The van der Waals surface area contributed by atoms with Crippen molar-refractivity contribution in [2.75, 3.05) is 12.4 Å². The molecule has 4 N–H and O–H groups in total. The molecule has 0 saturated heterocycles. The molecule has 0 aliphatic heterocycles. The molecule has 0 aromatic carbocycles. The zero-order valence-corrected chi connectivity index (χ0v) is 11.0. The van der Waals surface area contributed by atoms with Crippen LogP contribution in [0.5, 0.6) is 0 Å². The highest BCUT2D eigenvalue weighted by molar-refractivity contribution is 5.91. The van der Waals surface area contributed by atoms with Crippen LogP contribution in [0.25, 0.3) is 0 Å². The lowest BCUT2D eigenvalue weighted by molar-refractivity contribution is -0.121. The van der Waals surface area contributed by atoms with E-state index < -0.39 is 0 Å². The van der Waals surface area contributed by atoms with Gasteiger partial charge in [-0.3, -0.25) is 14.3 Å². The number of rotatable bonds is 5. The van der Waals surface area contributed by atoms with E-state index in [-0.39, 0.29) is 23.9 Å². The van der Waals surface area contributed by atoms with E-state index in [1.165, 1.54) is 10.9 Å². The Morgan fingerprint density at radius 1 is 1.47 bits per heavy atom. The quantitative estimate of drug-likeness (QED) is 0.688. The number of carbonyl (C=O) groups excluding carboxylic acids is 2. The van der Waals surface area contributed by atoms with Crippen LogP contribution in [-0.4, -0.2) is 34.2 Å². The van der Waals surface area contributed by atoms with Gasteiger partial charge in [-0.05, 0) is 19.3 Å². The fraction of sp³-hybridized carbons (Fsp3) is 0.583. The van der Waals surface area contributed by atoms with Gasteiger partial charge in [0.05, 0.1) is 11.9 Å². The molecule has 1 aliphatic carbocycles. The largest absolute Gasteiger partial charge is 0.358 e. The van der Waals surface area contributed by atoms with Gasteiger partial charge in [0.1, 0.15) is 6.54 Å². The average molecular weight is 265 g/mol. The number of likely N-dealkylation sites (N-methyl/N-ethyl adjacent to an activating group) is 1. The monoisotopic (exact) mass is 265 g/mol. The fourth-order valence-electron chi connectivity index (χ4n) is 2.07. The lowest BCUT2D eigenvalue weighted by Gasteiger charge is -2.37. The topological polar surface area (TPSA) is 102 Å².